The van der Waals surface area contributed by atoms with Crippen molar-refractivity contribution in [2.45, 2.75) is 19.3 Å². The predicted molar refractivity (Wildman–Crippen MR) is 77.3 cm³/mol. The number of hydrazine groups is 1. The highest BCUT2D eigenvalue weighted by atomic mass is 35.5. The van der Waals surface area contributed by atoms with E-state index in [4.69, 9.17) is 29.0 Å². The monoisotopic (exact) mass is 294 g/mol. The van der Waals surface area contributed by atoms with Crippen molar-refractivity contribution in [2.24, 2.45) is 5.84 Å². The molecule has 1 heterocycles. The molecule has 0 spiro atoms. The second-order valence-electron chi connectivity index (χ2n) is 4.48. The van der Waals surface area contributed by atoms with E-state index in [2.05, 4.69) is 15.4 Å². The highest BCUT2D eigenvalue weighted by molar-refractivity contribution is 6.35. The lowest BCUT2D eigenvalue weighted by Gasteiger charge is -2.09. The summed E-state index contributed by atoms with van der Waals surface area (Å²) in [5, 5.41) is 1.13. The number of benzene rings is 1. The molecule has 0 unspecified atom stereocenters. The Labute approximate surface area is 120 Å². The molecule has 4 nitrogen and oxygen atoms in total. The van der Waals surface area contributed by atoms with Gasteiger partial charge < -0.3 is 5.43 Å². The molecular weight excluding hydrogens is 283 g/mol. The molecule has 0 bridgehead atoms. The number of hydrogen-bond donors (Lipinski definition) is 2. The summed E-state index contributed by atoms with van der Waals surface area (Å²) in [6.07, 6.45) is 3.00. The summed E-state index contributed by atoms with van der Waals surface area (Å²) in [6, 6.07) is 5.27. The van der Waals surface area contributed by atoms with Gasteiger partial charge in [0.2, 0.25) is 0 Å². The van der Waals surface area contributed by atoms with Gasteiger partial charge in [-0.05, 0) is 37.5 Å². The van der Waals surface area contributed by atoms with E-state index >= 15 is 0 Å². The van der Waals surface area contributed by atoms with Gasteiger partial charge in [-0.1, -0.05) is 23.2 Å². The van der Waals surface area contributed by atoms with E-state index in [0.717, 1.165) is 36.1 Å². The summed E-state index contributed by atoms with van der Waals surface area (Å²) in [7, 11) is 0. The first-order valence-electron chi connectivity index (χ1n) is 6.00. The minimum Gasteiger partial charge on any atom is -0.308 e. The number of anilines is 1. The van der Waals surface area contributed by atoms with Crippen LogP contribution < -0.4 is 11.3 Å². The topological polar surface area (TPSA) is 63.8 Å². The number of halogens is 2. The van der Waals surface area contributed by atoms with Gasteiger partial charge in [0.1, 0.15) is 5.82 Å². The molecule has 0 radical (unpaired) electrons. The summed E-state index contributed by atoms with van der Waals surface area (Å²) >= 11 is 12.0. The molecule has 0 saturated heterocycles. The van der Waals surface area contributed by atoms with Gasteiger partial charge in [-0.15, -0.1) is 0 Å². The highest BCUT2D eigenvalue weighted by Gasteiger charge is 2.19. The second kappa shape index (κ2) is 4.96. The zero-order chi connectivity index (χ0) is 13.4. The molecule has 0 atom stereocenters. The molecule has 19 heavy (non-hydrogen) atoms. The van der Waals surface area contributed by atoms with Crippen LogP contribution in [0.25, 0.3) is 11.4 Å². The molecule has 0 amide bonds. The minimum absolute atomic E-state index is 0.564. The quantitative estimate of drug-likeness (QED) is 0.659. The Morgan fingerprint density at radius 2 is 1.79 bits per heavy atom. The highest BCUT2D eigenvalue weighted by Crippen LogP contribution is 2.30. The average Bonchev–Trinajstić information content (AvgIpc) is 2.84. The number of nitrogen functional groups attached to an aromatic ring is 1. The van der Waals surface area contributed by atoms with Gasteiger partial charge in [0, 0.05) is 26.9 Å². The fraction of sp³-hybridized carbons (Fsp3) is 0.231. The van der Waals surface area contributed by atoms with Crippen LogP contribution in [-0.4, -0.2) is 9.97 Å². The van der Waals surface area contributed by atoms with Gasteiger partial charge in [-0.3, -0.25) is 0 Å². The van der Waals surface area contributed by atoms with Crippen LogP contribution in [0.2, 0.25) is 10.0 Å². The lowest BCUT2D eigenvalue weighted by molar-refractivity contribution is 0.900. The molecular formula is C13H12Cl2N4. The molecule has 2 aromatic rings. The van der Waals surface area contributed by atoms with Gasteiger partial charge in [-0.2, -0.15) is 0 Å². The van der Waals surface area contributed by atoms with Gasteiger partial charge in [-0.25, -0.2) is 15.8 Å². The normalized spacial score (nSPS) is 13.4. The zero-order valence-corrected chi connectivity index (χ0v) is 11.6. The van der Waals surface area contributed by atoms with Crippen LogP contribution in [0, 0.1) is 0 Å². The van der Waals surface area contributed by atoms with E-state index in [1.165, 1.54) is 0 Å². The van der Waals surface area contributed by atoms with E-state index < -0.39 is 0 Å². The second-order valence-corrected chi connectivity index (χ2v) is 5.35. The third kappa shape index (κ3) is 2.39. The van der Waals surface area contributed by atoms with Crippen LogP contribution >= 0.6 is 23.2 Å². The number of nitrogens with two attached hydrogens (primary N) is 1. The Kier molecular flexibility index (Phi) is 3.31. The minimum atomic E-state index is 0.564. The molecule has 98 valence electrons. The Bertz CT molecular complexity index is 623. The first-order valence-corrected chi connectivity index (χ1v) is 6.76. The molecule has 3 rings (SSSR count). The van der Waals surface area contributed by atoms with Crippen LogP contribution in [0.1, 0.15) is 17.7 Å². The molecule has 0 fully saturated rings. The summed E-state index contributed by atoms with van der Waals surface area (Å²) < 4.78 is 0. The first-order chi connectivity index (χ1) is 9.17. The Hall–Kier alpha value is -1.36. The van der Waals surface area contributed by atoms with Crippen molar-refractivity contribution in [3.05, 3.63) is 39.5 Å². The largest absolute Gasteiger partial charge is 0.308 e. The van der Waals surface area contributed by atoms with Crippen LogP contribution in [0.5, 0.6) is 0 Å². The zero-order valence-electron chi connectivity index (χ0n) is 10.1. The van der Waals surface area contributed by atoms with Gasteiger partial charge in [0.05, 0.1) is 0 Å². The summed E-state index contributed by atoms with van der Waals surface area (Å²) in [5.74, 6) is 6.82. The molecule has 1 aliphatic rings. The van der Waals surface area contributed by atoms with E-state index in [0.29, 0.717) is 21.7 Å². The molecule has 1 aliphatic carbocycles. The van der Waals surface area contributed by atoms with Crippen LogP contribution in [-0.2, 0) is 12.8 Å². The SMILES string of the molecule is NNc1nc(-c2cc(Cl)cc(Cl)c2)nc2c1CCC2. The lowest BCUT2D eigenvalue weighted by Crippen LogP contribution is -2.12. The van der Waals surface area contributed by atoms with E-state index in [-0.39, 0.29) is 0 Å². The fourth-order valence-electron chi connectivity index (χ4n) is 2.36. The Morgan fingerprint density at radius 3 is 2.47 bits per heavy atom. The van der Waals surface area contributed by atoms with Crippen LogP contribution in [0.4, 0.5) is 5.82 Å². The number of aryl methyl sites for hydroxylation is 1. The molecule has 3 N–H and O–H groups in total. The first kappa shape index (κ1) is 12.7. The third-order valence-electron chi connectivity index (χ3n) is 3.19. The molecule has 1 aromatic carbocycles. The number of hydrogen-bond acceptors (Lipinski definition) is 4. The van der Waals surface area contributed by atoms with Crippen molar-refractivity contribution in [2.75, 3.05) is 5.43 Å². The number of nitrogens with one attached hydrogen (secondary N) is 1. The van der Waals surface area contributed by atoms with Gasteiger partial charge in [0.15, 0.2) is 5.82 Å². The summed E-state index contributed by atoms with van der Waals surface area (Å²) in [6.45, 7) is 0. The van der Waals surface area contributed by atoms with Crippen molar-refractivity contribution in [1.82, 2.24) is 9.97 Å². The average molecular weight is 295 g/mol. The van der Waals surface area contributed by atoms with Gasteiger partial charge >= 0.3 is 0 Å². The van der Waals surface area contributed by atoms with E-state index in [1.54, 1.807) is 18.2 Å². The standard InChI is InChI=1S/C13H12Cl2N4/c14-8-4-7(5-9(15)6-8)12-17-11-3-1-2-10(11)13(18-12)19-16/h4-6H,1-3,16H2,(H,17,18,19). The Balaban J connectivity index is 2.15. The summed E-state index contributed by atoms with van der Waals surface area (Å²) in [5.41, 5.74) is 5.61. The maximum Gasteiger partial charge on any atom is 0.161 e. The van der Waals surface area contributed by atoms with Crippen LogP contribution in [0.15, 0.2) is 18.2 Å². The number of aromatic nitrogens is 2. The molecule has 6 heteroatoms. The molecule has 0 aliphatic heterocycles. The fourth-order valence-corrected chi connectivity index (χ4v) is 2.89. The number of rotatable bonds is 2. The Morgan fingerprint density at radius 1 is 1.05 bits per heavy atom. The predicted octanol–water partition coefficient (Wildman–Crippen LogP) is 3.22. The third-order valence-corrected chi connectivity index (χ3v) is 3.63. The maximum absolute atomic E-state index is 6.01. The van der Waals surface area contributed by atoms with Crippen LogP contribution in [0.3, 0.4) is 0 Å². The number of nitrogens with zero attached hydrogens (tertiary/aromatic N) is 2. The van der Waals surface area contributed by atoms with Crippen molar-refractivity contribution < 1.29 is 0 Å². The van der Waals surface area contributed by atoms with Crippen molar-refractivity contribution >= 4 is 29.0 Å². The smallest absolute Gasteiger partial charge is 0.161 e. The van der Waals surface area contributed by atoms with Gasteiger partial charge in [0.25, 0.3) is 0 Å². The lowest BCUT2D eigenvalue weighted by atomic mass is 10.2. The maximum atomic E-state index is 6.01. The van der Waals surface area contributed by atoms with Crippen molar-refractivity contribution in [3.8, 4) is 11.4 Å². The van der Waals surface area contributed by atoms with Crippen molar-refractivity contribution in [1.29, 1.82) is 0 Å². The molecule has 1 aromatic heterocycles. The number of fused-ring (bicyclic) bond motifs is 1. The van der Waals surface area contributed by atoms with E-state index in [9.17, 15) is 0 Å². The van der Waals surface area contributed by atoms with E-state index in [1.807, 2.05) is 0 Å². The van der Waals surface area contributed by atoms with Crippen molar-refractivity contribution in [3.63, 3.8) is 0 Å². The summed E-state index contributed by atoms with van der Waals surface area (Å²) in [4.78, 5) is 9.04. The molecule has 0 saturated carbocycles.